The van der Waals surface area contributed by atoms with Crippen molar-refractivity contribution in [1.29, 1.82) is 0 Å². The van der Waals surface area contributed by atoms with Gasteiger partial charge in [-0.05, 0) is 0 Å². The van der Waals surface area contributed by atoms with E-state index >= 15 is 0 Å². The first-order valence-corrected chi connectivity index (χ1v) is 15.1. The van der Waals surface area contributed by atoms with Crippen LogP contribution in [-0.2, 0) is 23.3 Å². The summed E-state index contributed by atoms with van der Waals surface area (Å²) in [6.07, 6.45) is 8.52. The SMILES string of the molecule is CCCCCCC[CH2][Hg][Cl]. The van der Waals surface area contributed by atoms with Crippen LogP contribution in [0.25, 0.3) is 0 Å². The molecule has 0 aromatic heterocycles. The van der Waals surface area contributed by atoms with Gasteiger partial charge in [0, 0.05) is 0 Å². The third-order valence-electron chi connectivity index (χ3n) is 1.74. The van der Waals surface area contributed by atoms with Crippen molar-refractivity contribution in [2.24, 2.45) is 0 Å². The molecule has 0 aromatic rings. The summed E-state index contributed by atoms with van der Waals surface area (Å²) in [6, 6.07) is 0. The van der Waals surface area contributed by atoms with Crippen molar-refractivity contribution in [2.75, 3.05) is 0 Å². The van der Waals surface area contributed by atoms with Gasteiger partial charge in [0.2, 0.25) is 0 Å². The van der Waals surface area contributed by atoms with E-state index in [9.17, 15) is 0 Å². The zero-order valence-electron chi connectivity index (χ0n) is 7.03. The zero-order valence-corrected chi connectivity index (χ0v) is 13.3. The quantitative estimate of drug-likeness (QED) is 0.481. The van der Waals surface area contributed by atoms with Gasteiger partial charge in [-0.25, -0.2) is 0 Å². The van der Waals surface area contributed by atoms with Gasteiger partial charge in [-0.3, -0.25) is 0 Å². The van der Waals surface area contributed by atoms with Crippen LogP contribution < -0.4 is 0 Å². The van der Waals surface area contributed by atoms with Crippen molar-refractivity contribution in [3.8, 4) is 0 Å². The van der Waals surface area contributed by atoms with Crippen molar-refractivity contribution in [1.82, 2.24) is 0 Å². The summed E-state index contributed by atoms with van der Waals surface area (Å²) in [4.78, 5) is 0. The molecule has 0 fully saturated rings. The van der Waals surface area contributed by atoms with Crippen LogP contribution in [0, 0.1) is 0 Å². The van der Waals surface area contributed by atoms with Gasteiger partial charge in [0.05, 0.1) is 0 Å². The average Bonchev–Trinajstić information content (AvgIpc) is 1.97. The summed E-state index contributed by atoms with van der Waals surface area (Å²) >= 11 is -0.750. The predicted molar refractivity (Wildman–Crippen MR) is 44.0 cm³/mol. The molecular weight excluding hydrogens is 332 g/mol. The van der Waals surface area contributed by atoms with E-state index in [0.29, 0.717) is 0 Å². The molecule has 0 atom stereocenters. The van der Waals surface area contributed by atoms with Gasteiger partial charge in [-0.1, -0.05) is 0 Å². The second kappa shape index (κ2) is 10.2. The fourth-order valence-electron chi connectivity index (χ4n) is 1.05. The van der Waals surface area contributed by atoms with Crippen molar-refractivity contribution >= 4 is 8.25 Å². The molecular formula is C8H17ClHg. The molecule has 0 unspecified atom stereocenters. The minimum atomic E-state index is -0.750. The number of unbranched alkanes of at least 4 members (excludes halogenated alkanes) is 5. The summed E-state index contributed by atoms with van der Waals surface area (Å²) in [5.74, 6) is 0. The molecule has 0 heterocycles. The molecule has 0 rings (SSSR count). The number of rotatable bonds is 7. The van der Waals surface area contributed by atoms with E-state index in [2.05, 4.69) is 6.92 Å². The van der Waals surface area contributed by atoms with Crippen molar-refractivity contribution in [3.05, 3.63) is 0 Å². The summed E-state index contributed by atoms with van der Waals surface area (Å²) in [7, 11) is 5.76. The molecule has 0 radical (unpaired) electrons. The van der Waals surface area contributed by atoms with Gasteiger partial charge >= 0.3 is 81.0 Å². The van der Waals surface area contributed by atoms with Gasteiger partial charge in [0.15, 0.2) is 0 Å². The fourth-order valence-corrected chi connectivity index (χ4v) is 4.82. The van der Waals surface area contributed by atoms with E-state index in [1.54, 1.807) is 0 Å². The Morgan fingerprint density at radius 1 is 1.00 bits per heavy atom. The van der Waals surface area contributed by atoms with Crippen LogP contribution in [0.15, 0.2) is 0 Å². The number of hydrogen-bond donors (Lipinski definition) is 0. The predicted octanol–water partition coefficient (Wildman–Crippen LogP) is 4.00. The molecule has 10 heavy (non-hydrogen) atoms. The Kier molecular flexibility index (Phi) is 11.5. The molecule has 0 aromatic carbocycles. The maximum atomic E-state index is 5.76. The van der Waals surface area contributed by atoms with E-state index in [1.165, 1.54) is 42.5 Å². The molecule has 0 aliphatic rings. The van der Waals surface area contributed by atoms with Crippen LogP contribution in [-0.4, -0.2) is 0 Å². The number of hydrogen-bond acceptors (Lipinski definition) is 0. The van der Waals surface area contributed by atoms with E-state index in [0.717, 1.165) is 0 Å². The molecule has 0 saturated heterocycles. The molecule has 0 saturated carbocycles. The second-order valence-electron chi connectivity index (χ2n) is 2.81. The van der Waals surface area contributed by atoms with Crippen LogP contribution >= 0.6 is 8.25 Å². The Bertz CT molecular complexity index is 49.2. The second-order valence-corrected chi connectivity index (χ2v) is 10.3. The summed E-state index contributed by atoms with van der Waals surface area (Å²) < 4.78 is 1.42. The van der Waals surface area contributed by atoms with Gasteiger partial charge in [-0.2, -0.15) is 0 Å². The Morgan fingerprint density at radius 2 is 1.60 bits per heavy atom. The molecule has 0 aliphatic carbocycles. The first-order valence-electron chi connectivity index (χ1n) is 4.47. The Labute approximate surface area is 80.6 Å². The van der Waals surface area contributed by atoms with Crippen LogP contribution in [0.4, 0.5) is 0 Å². The van der Waals surface area contributed by atoms with Gasteiger partial charge < -0.3 is 0 Å². The molecule has 0 bridgehead atoms. The van der Waals surface area contributed by atoms with E-state index in [-0.39, 0.29) is 0 Å². The third kappa shape index (κ3) is 9.23. The zero-order chi connectivity index (χ0) is 7.66. The topological polar surface area (TPSA) is 0 Å². The van der Waals surface area contributed by atoms with Crippen molar-refractivity contribution in [3.63, 3.8) is 0 Å². The normalized spacial score (nSPS) is 9.40. The maximum absolute atomic E-state index is 5.76. The fraction of sp³-hybridized carbons (Fsp3) is 1.00. The van der Waals surface area contributed by atoms with E-state index in [1.807, 2.05) is 0 Å². The minimum absolute atomic E-state index is 0.750. The Hall–Kier alpha value is 1.23. The molecule has 0 amide bonds. The summed E-state index contributed by atoms with van der Waals surface area (Å²) in [5.41, 5.74) is 0. The van der Waals surface area contributed by atoms with Gasteiger partial charge in [0.1, 0.15) is 0 Å². The molecule has 0 N–H and O–H groups in total. The summed E-state index contributed by atoms with van der Waals surface area (Å²) in [6.45, 7) is 2.26. The van der Waals surface area contributed by atoms with Crippen molar-refractivity contribution < 1.29 is 23.3 Å². The first-order chi connectivity index (χ1) is 4.91. The van der Waals surface area contributed by atoms with Crippen LogP contribution in [0.3, 0.4) is 0 Å². The number of halogens is 1. The third-order valence-corrected chi connectivity index (χ3v) is 7.07. The molecule has 0 spiro atoms. The van der Waals surface area contributed by atoms with Crippen molar-refractivity contribution in [2.45, 2.75) is 49.4 Å². The van der Waals surface area contributed by atoms with E-state index in [4.69, 9.17) is 8.25 Å². The van der Waals surface area contributed by atoms with Gasteiger partial charge in [0.25, 0.3) is 0 Å². The molecule has 0 nitrogen and oxygen atoms in total. The van der Waals surface area contributed by atoms with Crippen LogP contribution in [0.5, 0.6) is 0 Å². The van der Waals surface area contributed by atoms with Gasteiger partial charge in [-0.15, -0.1) is 0 Å². The average molecular weight is 349 g/mol. The summed E-state index contributed by atoms with van der Waals surface area (Å²) in [5, 5.41) is 0. The standard InChI is InChI=1S/C8H17.ClH.Hg/c1-3-5-7-8-6-4-2;;/h1,3-8H2,2H3;1H;/q;;+1/p-1. The van der Waals surface area contributed by atoms with Crippen LogP contribution in [0.2, 0.25) is 3.93 Å². The Balaban J connectivity index is 2.65. The molecule has 0 aliphatic heterocycles. The molecule has 58 valence electrons. The molecule has 2 heteroatoms. The van der Waals surface area contributed by atoms with E-state index < -0.39 is 23.3 Å². The first kappa shape index (κ1) is 11.2. The monoisotopic (exact) mass is 350 g/mol. The Morgan fingerprint density at radius 3 is 2.20 bits per heavy atom. The van der Waals surface area contributed by atoms with Crippen LogP contribution in [0.1, 0.15) is 45.4 Å².